The van der Waals surface area contributed by atoms with Crippen LogP contribution in [-0.2, 0) is 4.79 Å². The number of aliphatic hydroxyl groups excluding tert-OH is 1. The van der Waals surface area contributed by atoms with E-state index in [1.807, 2.05) is 48.1 Å². The van der Waals surface area contributed by atoms with Gasteiger partial charge in [0, 0.05) is 48.6 Å². The summed E-state index contributed by atoms with van der Waals surface area (Å²) < 4.78 is 41.1. The van der Waals surface area contributed by atoms with Crippen LogP contribution in [0.3, 0.4) is 0 Å². The summed E-state index contributed by atoms with van der Waals surface area (Å²) in [6, 6.07) is 8.42. The average Bonchev–Trinajstić information content (AvgIpc) is 3.67. The Morgan fingerprint density at radius 1 is 1.17 bits per heavy atom. The van der Waals surface area contributed by atoms with Gasteiger partial charge in [-0.1, -0.05) is 17.4 Å². The Bertz CT molecular complexity index is 1700. The molecule has 1 fully saturated rings. The minimum atomic E-state index is -5.08. The minimum absolute atomic E-state index is 0.187. The molecule has 4 heterocycles. The summed E-state index contributed by atoms with van der Waals surface area (Å²) in [5.74, 6) is -1.65. The van der Waals surface area contributed by atoms with Gasteiger partial charge >= 0.3 is 12.1 Å². The van der Waals surface area contributed by atoms with Crippen LogP contribution in [0, 0.1) is 0 Å². The molecule has 0 amide bonds. The number of nitrogen functional groups attached to an aromatic ring is 1. The summed E-state index contributed by atoms with van der Waals surface area (Å²) in [6.45, 7) is 0. The number of thiazole rings is 1. The minimum Gasteiger partial charge on any atom is -0.475 e. The molecular formula is C27H27F3N6O4S. The fourth-order valence-corrected chi connectivity index (χ4v) is 5.73. The second kappa shape index (κ2) is 11.0. The summed E-state index contributed by atoms with van der Waals surface area (Å²) in [4.78, 5) is 20.0. The van der Waals surface area contributed by atoms with E-state index in [-0.39, 0.29) is 6.10 Å². The molecule has 0 saturated heterocycles. The lowest BCUT2D eigenvalue weighted by atomic mass is 9.93. The van der Waals surface area contributed by atoms with Crippen molar-refractivity contribution in [1.82, 2.24) is 19.7 Å². The predicted octanol–water partition coefficient (Wildman–Crippen LogP) is 5.73. The van der Waals surface area contributed by atoms with Crippen LogP contribution in [0.2, 0.25) is 0 Å². The molecular weight excluding hydrogens is 561 g/mol. The summed E-state index contributed by atoms with van der Waals surface area (Å²) in [5, 5.41) is 23.4. The largest absolute Gasteiger partial charge is 0.490 e. The van der Waals surface area contributed by atoms with Crippen molar-refractivity contribution in [3.8, 4) is 22.5 Å². The second-order valence-electron chi connectivity index (χ2n) is 9.93. The SMILES string of the molecule is CN(C)c1nc2cccc(-c3cc4c(-c5cnn(C6CCC(O)CC6)c5)cnc(N)c4o3)c2s1.O=C(O)C(F)(F)F. The van der Waals surface area contributed by atoms with Crippen LogP contribution in [-0.4, -0.2) is 62.3 Å². The number of alkyl halides is 3. The van der Waals surface area contributed by atoms with Crippen molar-refractivity contribution in [3.05, 3.63) is 42.9 Å². The number of carbonyl (C=O) groups is 1. The first-order chi connectivity index (χ1) is 19.4. The van der Waals surface area contributed by atoms with Crippen molar-refractivity contribution in [2.24, 2.45) is 0 Å². The van der Waals surface area contributed by atoms with Crippen molar-refractivity contribution in [2.45, 2.75) is 44.0 Å². The van der Waals surface area contributed by atoms with Gasteiger partial charge in [0.05, 0.1) is 28.6 Å². The van der Waals surface area contributed by atoms with Crippen LogP contribution in [0.4, 0.5) is 24.1 Å². The van der Waals surface area contributed by atoms with Crippen molar-refractivity contribution >= 4 is 49.4 Å². The third-order valence-corrected chi connectivity index (χ3v) is 8.11. The molecule has 216 valence electrons. The average molecular weight is 589 g/mol. The number of aliphatic hydroxyl groups is 1. The molecule has 10 nitrogen and oxygen atoms in total. The first-order valence-corrected chi connectivity index (χ1v) is 13.5. The Morgan fingerprint density at radius 3 is 2.54 bits per heavy atom. The molecule has 4 N–H and O–H groups in total. The molecule has 0 radical (unpaired) electrons. The first-order valence-electron chi connectivity index (χ1n) is 12.7. The zero-order valence-corrected chi connectivity index (χ0v) is 22.9. The number of hydrogen-bond acceptors (Lipinski definition) is 9. The summed E-state index contributed by atoms with van der Waals surface area (Å²) in [5.41, 5.74) is 10.6. The zero-order valence-electron chi connectivity index (χ0n) is 22.1. The molecule has 0 bridgehead atoms. The van der Waals surface area contributed by atoms with Crippen LogP contribution < -0.4 is 10.6 Å². The first kappa shape index (κ1) is 28.4. The van der Waals surface area contributed by atoms with E-state index in [1.165, 1.54) is 0 Å². The maximum atomic E-state index is 10.6. The standard InChI is InChI=1S/C25H26N6O2S.C2HF3O2/c1-30(2)25-29-20-5-3-4-17(23(20)34-25)21-10-18-19(12-27-24(26)22(18)33-21)14-11-28-31(13-14)15-6-8-16(32)9-7-15;3-2(4,5)1(6)7/h3-5,10-13,15-16,32H,6-9H2,1-2H3,(H2,26,27);(H,6,7). The quantitative estimate of drug-likeness (QED) is 0.240. The summed E-state index contributed by atoms with van der Waals surface area (Å²) in [7, 11) is 3.99. The fraction of sp³-hybridized carbons (Fsp3) is 0.333. The Hall–Kier alpha value is -4.17. The zero-order chi connectivity index (χ0) is 29.5. The van der Waals surface area contributed by atoms with Crippen LogP contribution in [0.1, 0.15) is 31.7 Å². The molecule has 1 aromatic carbocycles. The molecule has 1 aliphatic rings. The van der Waals surface area contributed by atoms with Crippen molar-refractivity contribution < 1.29 is 32.6 Å². The maximum absolute atomic E-state index is 10.6. The Morgan fingerprint density at radius 2 is 1.88 bits per heavy atom. The molecule has 5 aromatic rings. The topological polar surface area (TPSA) is 144 Å². The van der Waals surface area contributed by atoms with E-state index in [0.717, 1.165) is 68.9 Å². The molecule has 1 saturated carbocycles. The molecule has 41 heavy (non-hydrogen) atoms. The third kappa shape index (κ3) is 5.84. The highest BCUT2D eigenvalue weighted by Crippen LogP contribution is 2.41. The number of halogens is 3. The lowest BCUT2D eigenvalue weighted by Crippen LogP contribution is -2.21. The van der Waals surface area contributed by atoms with E-state index >= 15 is 0 Å². The third-order valence-electron chi connectivity index (χ3n) is 6.83. The lowest BCUT2D eigenvalue weighted by Gasteiger charge is -2.25. The van der Waals surface area contributed by atoms with E-state index in [0.29, 0.717) is 17.4 Å². The Labute approximate surface area is 235 Å². The molecule has 1 aliphatic carbocycles. The number of benzene rings is 1. The molecule has 0 aliphatic heterocycles. The van der Waals surface area contributed by atoms with E-state index in [2.05, 4.69) is 22.3 Å². The Kier molecular flexibility index (Phi) is 7.62. The van der Waals surface area contributed by atoms with Gasteiger partial charge in [-0.05, 0) is 43.9 Å². The monoisotopic (exact) mass is 588 g/mol. The smallest absolute Gasteiger partial charge is 0.475 e. The number of rotatable bonds is 4. The van der Waals surface area contributed by atoms with Crippen LogP contribution in [0.5, 0.6) is 0 Å². The summed E-state index contributed by atoms with van der Waals surface area (Å²) in [6.07, 6.45) is 3.96. The number of pyridine rings is 1. The number of nitrogens with zero attached hydrogens (tertiary/aromatic N) is 5. The van der Waals surface area contributed by atoms with E-state index in [1.54, 1.807) is 17.5 Å². The van der Waals surface area contributed by atoms with Crippen LogP contribution in [0.25, 0.3) is 43.6 Å². The van der Waals surface area contributed by atoms with Crippen molar-refractivity contribution in [2.75, 3.05) is 24.7 Å². The van der Waals surface area contributed by atoms with Crippen molar-refractivity contribution in [3.63, 3.8) is 0 Å². The molecule has 0 atom stereocenters. The van der Waals surface area contributed by atoms with Gasteiger partial charge in [-0.3, -0.25) is 4.68 Å². The number of anilines is 2. The molecule has 4 aromatic heterocycles. The van der Waals surface area contributed by atoms with Gasteiger partial charge in [0.2, 0.25) is 0 Å². The number of fused-ring (bicyclic) bond motifs is 2. The number of aliphatic carboxylic acids is 1. The fourth-order valence-electron chi connectivity index (χ4n) is 4.73. The predicted molar refractivity (Wildman–Crippen MR) is 150 cm³/mol. The molecule has 14 heteroatoms. The van der Waals surface area contributed by atoms with Gasteiger partial charge in [0.1, 0.15) is 5.76 Å². The second-order valence-corrected chi connectivity index (χ2v) is 10.9. The van der Waals surface area contributed by atoms with Gasteiger partial charge < -0.3 is 25.3 Å². The maximum Gasteiger partial charge on any atom is 0.490 e. The molecule has 0 unspecified atom stereocenters. The van der Waals surface area contributed by atoms with Gasteiger partial charge in [0.15, 0.2) is 16.5 Å². The number of carboxylic acids is 1. The number of hydrogen-bond donors (Lipinski definition) is 3. The van der Waals surface area contributed by atoms with Gasteiger partial charge in [0.25, 0.3) is 0 Å². The van der Waals surface area contributed by atoms with Crippen LogP contribution >= 0.6 is 11.3 Å². The molecule has 6 rings (SSSR count). The van der Waals surface area contributed by atoms with Gasteiger partial charge in [-0.15, -0.1) is 0 Å². The Balaban J connectivity index is 0.000000431. The lowest BCUT2D eigenvalue weighted by molar-refractivity contribution is -0.192. The number of nitrogens with two attached hydrogens (primary N) is 1. The van der Waals surface area contributed by atoms with Crippen LogP contribution in [0.15, 0.2) is 47.3 Å². The highest BCUT2D eigenvalue weighted by Gasteiger charge is 2.38. The number of furan rings is 1. The summed E-state index contributed by atoms with van der Waals surface area (Å²) >= 11 is 1.64. The van der Waals surface area contributed by atoms with E-state index in [9.17, 15) is 18.3 Å². The van der Waals surface area contributed by atoms with E-state index < -0.39 is 12.1 Å². The highest BCUT2D eigenvalue weighted by molar-refractivity contribution is 7.22. The molecule has 0 spiro atoms. The number of aromatic nitrogens is 4. The normalized spacial score (nSPS) is 17.4. The van der Waals surface area contributed by atoms with E-state index in [4.69, 9.17) is 25.0 Å². The number of carboxylic acid groups (broad SMARTS) is 1. The van der Waals surface area contributed by atoms with Crippen molar-refractivity contribution in [1.29, 1.82) is 0 Å². The highest BCUT2D eigenvalue weighted by atomic mass is 32.1. The van der Waals surface area contributed by atoms with Gasteiger partial charge in [-0.2, -0.15) is 18.3 Å². The van der Waals surface area contributed by atoms with Gasteiger partial charge in [-0.25, -0.2) is 14.8 Å².